The van der Waals surface area contributed by atoms with Crippen molar-refractivity contribution < 1.29 is 14.2 Å². The molecule has 1 unspecified atom stereocenters. The van der Waals surface area contributed by atoms with Gasteiger partial charge in [0.2, 0.25) is 0 Å². The molecule has 4 rings (SSSR count). The molecule has 26 heavy (non-hydrogen) atoms. The van der Waals surface area contributed by atoms with Crippen molar-refractivity contribution in [1.29, 1.82) is 0 Å². The van der Waals surface area contributed by atoms with Crippen molar-refractivity contribution in [3.63, 3.8) is 0 Å². The second-order valence-corrected chi connectivity index (χ2v) is 6.75. The number of benzene rings is 2. The van der Waals surface area contributed by atoms with Crippen molar-refractivity contribution in [3.05, 3.63) is 59.2 Å². The van der Waals surface area contributed by atoms with E-state index in [1.807, 2.05) is 24.3 Å². The number of terminal acetylenes is 1. The lowest BCUT2D eigenvalue weighted by molar-refractivity contribution is -0.0504. The summed E-state index contributed by atoms with van der Waals surface area (Å²) in [6, 6.07) is 14.1. The molecule has 1 atom stereocenters. The van der Waals surface area contributed by atoms with Crippen LogP contribution >= 0.6 is 0 Å². The van der Waals surface area contributed by atoms with Crippen molar-refractivity contribution in [2.45, 2.75) is 19.1 Å². The van der Waals surface area contributed by atoms with Crippen LogP contribution in [0.1, 0.15) is 16.7 Å². The third-order valence-electron chi connectivity index (χ3n) is 4.82. The van der Waals surface area contributed by atoms with Crippen LogP contribution in [0.5, 0.6) is 11.5 Å². The molecule has 0 bridgehead atoms. The predicted molar refractivity (Wildman–Crippen MR) is 101 cm³/mol. The topological polar surface area (TPSA) is 30.9 Å². The van der Waals surface area contributed by atoms with Gasteiger partial charge in [0.25, 0.3) is 0 Å². The second kappa shape index (κ2) is 7.82. The molecule has 2 aliphatic rings. The molecule has 0 amide bonds. The van der Waals surface area contributed by atoms with Crippen molar-refractivity contribution in [2.75, 3.05) is 32.9 Å². The quantitative estimate of drug-likeness (QED) is 0.777. The van der Waals surface area contributed by atoms with Gasteiger partial charge < -0.3 is 14.2 Å². The molecule has 2 heterocycles. The number of nitrogens with zero attached hydrogens (tertiary/aromatic N) is 1. The van der Waals surface area contributed by atoms with Gasteiger partial charge in [0.1, 0.15) is 24.2 Å². The third-order valence-corrected chi connectivity index (χ3v) is 4.82. The maximum atomic E-state index is 5.88. The predicted octanol–water partition coefficient (Wildman–Crippen LogP) is 2.88. The molecule has 4 nitrogen and oxygen atoms in total. The first-order chi connectivity index (χ1) is 12.8. The number of hydrogen-bond acceptors (Lipinski definition) is 4. The molecular weight excluding hydrogens is 326 g/mol. The molecule has 0 aliphatic carbocycles. The van der Waals surface area contributed by atoms with Gasteiger partial charge in [0, 0.05) is 31.6 Å². The molecule has 0 saturated carbocycles. The highest BCUT2D eigenvalue weighted by Crippen LogP contribution is 2.26. The Hall–Kier alpha value is -2.48. The van der Waals surface area contributed by atoms with Crippen LogP contribution < -0.4 is 9.47 Å². The monoisotopic (exact) mass is 349 g/mol. The van der Waals surface area contributed by atoms with Crippen LogP contribution in [0.3, 0.4) is 0 Å². The lowest BCUT2D eigenvalue weighted by Crippen LogP contribution is -2.44. The zero-order valence-corrected chi connectivity index (χ0v) is 14.8. The Kier molecular flexibility index (Phi) is 5.10. The molecule has 2 aromatic carbocycles. The summed E-state index contributed by atoms with van der Waals surface area (Å²) in [7, 11) is 0. The molecule has 0 aromatic heterocycles. The maximum Gasteiger partial charge on any atom is 0.122 e. The average molecular weight is 349 g/mol. The zero-order chi connectivity index (χ0) is 17.8. The van der Waals surface area contributed by atoms with E-state index >= 15 is 0 Å². The van der Waals surface area contributed by atoms with Gasteiger partial charge in [-0.2, -0.15) is 0 Å². The van der Waals surface area contributed by atoms with Gasteiger partial charge in [-0.1, -0.05) is 24.1 Å². The Labute approximate surface area is 154 Å². The van der Waals surface area contributed by atoms with E-state index in [4.69, 9.17) is 20.6 Å². The molecule has 4 heteroatoms. The van der Waals surface area contributed by atoms with Crippen molar-refractivity contribution in [3.8, 4) is 23.8 Å². The number of morpholine rings is 1. The van der Waals surface area contributed by atoms with Crippen molar-refractivity contribution in [1.82, 2.24) is 4.90 Å². The molecule has 134 valence electrons. The Morgan fingerprint density at radius 3 is 3.08 bits per heavy atom. The first kappa shape index (κ1) is 17.0. The summed E-state index contributed by atoms with van der Waals surface area (Å²) in [6.45, 7) is 4.80. The maximum absolute atomic E-state index is 5.88. The minimum atomic E-state index is 0.0657. The van der Waals surface area contributed by atoms with E-state index in [9.17, 15) is 0 Å². The molecule has 0 radical (unpaired) electrons. The largest absolute Gasteiger partial charge is 0.493 e. The number of hydrogen-bond donors (Lipinski definition) is 0. The lowest BCUT2D eigenvalue weighted by Gasteiger charge is -2.32. The smallest absolute Gasteiger partial charge is 0.122 e. The average Bonchev–Trinajstić information content (AvgIpc) is 3.15. The Bertz CT molecular complexity index is 811. The summed E-state index contributed by atoms with van der Waals surface area (Å²) in [4.78, 5) is 2.42. The first-order valence-corrected chi connectivity index (χ1v) is 9.08. The molecule has 0 N–H and O–H groups in total. The summed E-state index contributed by atoms with van der Waals surface area (Å²) in [5.74, 6) is 4.46. The van der Waals surface area contributed by atoms with Gasteiger partial charge in [-0.3, -0.25) is 4.90 Å². The lowest BCUT2D eigenvalue weighted by atomic mass is 10.1. The van der Waals surface area contributed by atoms with Gasteiger partial charge in [0.05, 0.1) is 13.2 Å². The van der Waals surface area contributed by atoms with Crippen LogP contribution in [-0.4, -0.2) is 43.9 Å². The molecule has 2 aliphatic heterocycles. The van der Waals surface area contributed by atoms with E-state index in [0.717, 1.165) is 56.3 Å². The highest BCUT2D eigenvalue weighted by molar-refractivity contribution is 5.40. The van der Waals surface area contributed by atoms with E-state index in [1.54, 1.807) is 0 Å². The molecular formula is C22H23NO3. The summed E-state index contributed by atoms with van der Waals surface area (Å²) >= 11 is 0. The van der Waals surface area contributed by atoms with Crippen LogP contribution in [-0.2, 0) is 17.7 Å². The molecule has 1 fully saturated rings. The third kappa shape index (κ3) is 4.01. The highest BCUT2D eigenvalue weighted by Gasteiger charge is 2.22. The summed E-state index contributed by atoms with van der Waals surface area (Å²) in [5.41, 5.74) is 3.48. The summed E-state index contributed by atoms with van der Waals surface area (Å²) in [6.07, 6.45) is 6.52. The first-order valence-electron chi connectivity index (χ1n) is 9.08. The minimum absolute atomic E-state index is 0.0657. The normalized spacial score (nSPS) is 19.4. The fourth-order valence-corrected chi connectivity index (χ4v) is 3.49. The van der Waals surface area contributed by atoms with E-state index in [-0.39, 0.29) is 6.10 Å². The van der Waals surface area contributed by atoms with Crippen LogP contribution in [0.2, 0.25) is 0 Å². The Balaban J connectivity index is 1.32. The van der Waals surface area contributed by atoms with Crippen LogP contribution in [0.4, 0.5) is 0 Å². The van der Waals surface area contributed by atoms with E-state index < -0.39 is 0 Å². The second-order valence-electron chi connectivity index (χ2n) is 6.75. The number of ether oxygens (including phenoxy) is 3. The van der Waals surface area contributed by atoms with Gasteiger partial charge in [-0.15, -0.1) is 6.42 Å². The summed E-state index contributed by atoms with van der Waals surface area (Å²) in [5, 5.41) is 0. The zero-order valence-electron chi connectivity index (χ0n) is 14.8. The van der Waals surface area contributed by atoms with E-state index in [1.165, 1.54) is 11.1 Å². The van der Waals surface area contributed by atoms with Crippen LogP contribution in [0.25, 0.3) is 0 Å². The SMILES string of the molecule is C#Cc1cccc(OCC2CN(Cc3ccc4c(c3)CCO4)CCO2)c1. The fraction of sp³-hybridized carbons (Fsp3) is 0.364. The highest BCUT2D eigenvalue weighted by atomic mass is 16.5. The van der Waals surface area contributed by atoms with Crippen LogP contribution in [0, 0.1) is 12.3 Å². The van der Waals surface area contributed by atoms with Gasteiger partial charge >= 0.3 is 0 Å². The Morgan fingerprint density at radius 2 is 2.15 bits per heavy atom. The van der Waals surface area contributed by atoms with Crippen molar-refractivity contribution >= 4 is 0 Å². The Morgan fingerprint density at radius 1 is 1.19 bits per heavy atom. The molecule has 1 saturated heterocycles. The van der Waals surface area contributed by atoms with E-state index in [0.29, 0.717) is 6.61 Å². The number of fused-ring (bicyclic) bond motifs is 1. The van der Waals surface area contributed by atoms with Gasteiger partial charge in [-0.05, 0) is 35.4 Å². The minimum Gasteiger partial charge on any atom is -0.493 e. The standard InChI is InChI=1S/C22H23NO3/c1-2-17-4-3-5-20(13-17)26-16-21-15-23(9-11-24-21)14-18-6-7-22-19(12-18)8-10-25-22/h1,3-7,12-13,21H,8-11,14-16H2. The molecule has 2 aromatic rings. The van der Waals surface area contributed by atoms with Gasteiger partial charge in [0.15, 0.2) is 0 Å². The van der Waals surface area contributed by atoms with E-state index in [2.05, 4.69) is 29.0 Å². The fourth-order valence-electron chi connectivity index (χ4n) is 3.49. The molecule has 0 spiro atoms. The summed E-state index contributed by atoms with van der Waals surface area (Å²) < 4.78 is 17.3. The van der Waals surface area contributed by atoms with Gasteiger partial charge in [-0.25, -0.2) is 0 Å². The van der Waals surface area contributed by atoms with Crippen LogP contribution in [0.15, 0.2) is 42.5 Å². The van der Waals surface area contributed by atoms with Crippen molar-refractivity contribution in [2.24, 2.45) is 0 Å². The number of rotatable bonds is 5.